The van der Waals surface area contributed by atoms with Gasteiger partial charge in [-0.25, -0.2) is 4.52 Å². The number of likely N-dealkylation sites (tertiary alicyclic amines) is 1. The van der Waals surface area contributed by atoms with Crippen molar-refractivity contribution >= 4 is 5.52 Å². The van der Waals surface area contributed by atoms with E-state index < -0.39 is 0 Å². The Morgan fingerprint density at radius 2 is 2.05 bits per heavy atom. The van der Waals surface area contributed by atoms with Crippen LogP contribution in [0.3, 0.4) is 0 Å². The second-order valence-electron chi connectivity index (χ2n) is 5.16. The topological polar surface area (TPSA) is 29.8 Å². The molecule has 4 nitrogen and oxygen atoms in total. The van der Waals surface area contributed by atoms with Gasteiger partial charge in [0.05, 0.1) is 12.1 Å². The number of piperidine rings is 1. The summed E-state index contributed by atoms with van der Waals surface area (Å²) in [7, 11) is 0. The molecule has 102 valence electrons. The summed E-state index contributed by atoms with van der Waals surface area (Å²) in [4.78, 5) is 2.54. The summed E-state index contributed by atoms with van der Waals surface area (Å²) in [5, 5.41) is 4.38. The molecule has 4 heteroatoms. The van der Waals surface area contributed by atoms with Gasteiger partial charge in [-0.05, 0) is 44.5 Å². The molecular weight excluding hydrogens is 238 g/mol. The van der Waals surface area contributed by atoms with Crippen LogP contribution in [0.2, 0.25) is 0 Å². The molecule has 19 heavy (non-hydrogen) atoms. The summed E-state index contributed by atoms with van der Waals surface area (Å²) in [6.45, 7) is 4.41. The number of ether oxygens (including phenoxy) is 1. The molecule has 2 aromatic heterocycles. The second kappa shape index (κ2) is 6.06. The van der Waals surface area contributed by atoms with Gasteiger partial charge in [0, 0.05) is 18.8 Å². The van der Waals surface area contributed by atoms with Crippen LogP contribution < -0.4 is 4.74 Å². The zero-order chi connectivity index (χ0) is 12.9. The van der Waals surface area contributed by atoms with Crippen LogP contribution in [-0.2, 0) is 0 Å². The third kappa shape index (κ3) is 3.26. The van der Waals surface area contributed by atoms with Crippen molar-refractivity contribution < 1.29 is 4.74 Å². The number of pyridine rings is 1. The minimum absolute atomic E-state index is 0.727. The summed E-state index contributed by atoms with van der Waals surface area (Å²) in [6.07, 6.45) is 7.12. The standard InChI is InChI=1S/C15H21N3O/c1-3-8-17(9-4-1)10-6-12-19-15-13-14-7-2-5-11-18(14)16-15/h2,5,7,11,13H,1,3-4,6,8-10,12H2. The highest BCUT2D eigenvalue weighted by molar-refractivity contribution is 5.48. The molecule has 1 saturated heterocycles. The normalized spacial score (nSPS) is 16.8. The molecule has 0 unspecified atom stereocenters. The summed E-state index contributed by atoms with van der Waals surface area (Å²) in [5.74, 6) is 0.727. The van der Waals surface area contributed by atoms with E-state index in [2.05, 4.69) is 10.00 Å². The van der Waals surface area contributed by atoms with Gasteiger partial charge in [0.2, 0.25) is 5.88 Å². The van der Waals surface area contributed by atoms with Gasteiger partial charge >= 0.3 is 0 Å². The Morgan fingerprint density at radius 3 is 2.89 bits per heavy atom. The average molecular weight is 259 g/mol. The van der Waals surface area contributed by atoms with Crippen molar-refractivity contribution in [2.75, 3.05) is 26.2 Å². The van der Waals surface area contributed by atoms with Crippen molar-refractivity contribution in [1.29, 1.82) is 0 Å². The number of hydrogen-bond donors (Lipinski definition) is 0. The van der Waals surface area contributed by atoms with Crippen molar-refractivity contribution in [3.8, 4) is 5.88 Å². The average Bonchev–Trinajstić information content (AvgIpc) is 2.87. The first-order chi connectivity index (χ1) is 9.42. The van der Waals surface area contributed by atoms with Gasteiger partial charge in [-0.15, -0.1) is 5.10 Å². The lowest BCUT2D eigenvalue weighted by molar-refractivity contribution is 0.203. The van der Waals surface area contributed by atoms with Gasteiger partial charge in [0.15, 0.2) is 0 Å². The predicted octanol–water partition coefficient (Wildman–Crippen LogP) is 2.59. The molecule has 0 amide bonds. The van der Waals surface area contributed by atoms with Crippen LogP contribution in [0.1, 0.15) is 25.7 Å². The lowest BCUT2D eigenvalue weighted by atomic mass is 10.1. The van der Waals surface area contributed by atoms with Crippen LogP contribution >= 0.6 is 0 Å². The van der Waals surface area contributed by atoms with Gasteiger partial charge < -0.3 is 9.64 Å². The molecule has 2 aromatic rings. The molecule has 1 fully saturated rings. The molecule has 0 spiro atoms. The fourth-order valence-electron chi connectivity index (χ4n) is 2.63. The Labute approximate surface area is 114 Å². The van der Waals surface area contributed by atoms with E-state index in [9.17, 15) is 0 Å². The predicted molar refractivity (Wildman–Crippen MR) is 75.6 cm³/mol. The maximum Gasteiger partial charge on any atom is 0.233 e. The molecule has 0 aliphatic carbocycles. The molecule has 0 N–H and O–H groups in total. The summed E-state index contributed by atoms with van der Waals surface area (Å²) in [6, 6.07) is 8.01. The maximum absolute atomic E-state index is 5.72. The van der Waals surface area contributed by atoms with Gasteiger partial charge in [-0.2, -0.15) is 0 Å². The van der Waals surface area contributed by atoms with Gasteiger partial charge in [-0.1, -0.05) is 12.5 Å². The molecule has 3 rings (SSSR count). The van der Waals surface area contributed by atoms with Crippen molar-refractivity contribution in [3.05, 3.63) is 30.5 Å². The monoisotopic (exact) mass is 259 g/mol. The fourth-order valence-corrected chi connectivity index (χ4v) is 2.63. The van der Waals surface area contributed by atoms with Crippen LogP contribution in [0.4, 0.5) is 0 Å². The molecule has 1 aliphatic heterocycles. The minimum atomic E-state index is 0.727. The highest BCUT2D eigenvalue weighted by Crippen LogP contribution is 2.13. The quantitative estimate of drug-likeness (QED) is 0.773. The molecule has 0 aromatic carbocycles. The van der Waals surface area contributed by atoms with Gasteiger partial charge in [0.25, 0.3) is 0 Å². The Bertz CT molecular complexity index is 484. The largest absolute Gasteiger partial charge is 0.477 e. The van der Waals surface area contributed by atoms with E-state index in [0.29, 0.717) is 0 Å². The Hall–Kier alpha value is -1.55. The molecule has 3 heterocycles. The van der Waals surface area contributed by atoms with Crippen LogP contribution in [0.15, 0.2) is 30.5 Å². The molecule has 0 saturated carbocycles. The van der Waals surface area contributed by atoms with Crippen molar-refractivity contribution in [2.24, 2.45) is 0 Å². The van der Waals surface area contributed by atoms with Crippen LogP contribution in [0.5, 0.6) is 5.88 Å². The fraction of sp³-hybridized carbons (Fsp3) is 0.533. The SMILES string of the molecule is c1ccn2nc(OCCCN3CCCCC3)cc2c1. The van der Waals surface area contributed by atoms with E-state index in [-0.39, 0.29) is 0 Å². The van der Waals surface area contributed by atoms with E-state index in [4.69, 9.17) is 4.74 Å². The van der Waals surface area contributed by atoms with Crippen LogP contribution in [0.25, 0.3) is 5.52 Å². The zero-order valence-corrected chi connectivity index (χ0v) is 11.3. The van der Waals surface area contributed by atoms with Gasteiger partial charge in [-0.3, -0.25) is 0 Å². The van der Waals surface area contributed by atoms with E-state index in [1.165, 1.54) is 32.4 Å². The first-order valence-corrected chi connectivity index (χ1v) is 7.21. The van der Waals surface area contributed by atoms with Gasteiger partial charge in [0.1, 0.15) is 0 Å². The first kappa shape index (κ1) is 12.5. The van der Waals surface area contributed by atoms with Crippen molar-refractivity contribution in [2.45, 2.75) is 25.7 Å². The molecular formula is C15H21N3O. The maximum atomic E-state index is 5.72. The number of rotatable bonds is 5. The summed E-state index contributed by atoms with van der Waals surface area (Å²) >= 11 is 0. The Balaban J connectivity index is 1.44. The molecule has 1 aliphatic rings. The lowest BCUT2D eigenvalue weighted by Crippen LogP contribution is -2.31. The van der Waals surface area contributed by atoms with Crippen LogP contribution in [-0.4, -0.2) is 40.8 Å². The molecule has 0 bridgehead atoms. The Kier molecular flexibility index (Phi) is 3.98. The van der Waals surface area contributed by atoms with E-state index >= 15 is 0 Å². The molecule has 0 radical (unpaired) electrons. The lowest BCUT2D eigenvalue weighted by Gasteiger charge is -2.26. The zero-order valence-electron chi connectivity index (χ0n) is 11.3. The van der Waals surface area contributed by atoms with E-state index in [1.807, 2.05) is 35.0 Å². The Morgan fingerprint density at radius 1 is 1.16 bits per heavy atom. The van der Waals surface area contributed by atoms with Crippen molar-refractivity contribution in [1.82, 2.24) is 14.5 Å². The van der Waals surface area contributed by atoms with Crippen LogP contribution in [0, 0.1) is 0 Å². The summed E-state index contributed by atoms with van der Waals surface area (Å²) in [5.41, 5.74) is 1.08. The second-order valence-corrected chi connectivity index (χ2v) is 5.16. The highest BCUT2D eigenvalue weighted by Gasteiger charge is 2.09. The first-order valence-electron chi connectivity index (χ1n) is 7.21. The number of nitrogens with zero attached hydrogens (tertiary/aromatic N) is 3. The molecule has 0 atom stereocenters. The third-order valence-electron chi connectivity index (χ3n) is 3.66. The highest BCUT2D eigenvalue weighted by atomic mass is 16.5. The minimum Gasteiger partial charge on any atom is -0.477 e. The smallest absolute Gasteiger partial charge is 0.233 e. The number of hydrogen-bond acceptors (Lipinski definition) is 3. The summed E-state index contributed by atoms with van der Waals surface area (Å²) < 4.78 is 7.57. The van der Waals surface area contributed by atoms with Crippen molar-refractivity contribution in [3.63, 3.8) is 0 Å². The van der Waals surface area contributed by atoms with E-state index in [0.717, 1.165) is 31.0 Å². The third-order valence-corrected chi connectivity index (χ3v) is 3.66. The number of aromatic nitrogens is 2. The van der Waals surface area contributed by atoms with E-state index in [1.54, 1.807) is 0 Å². The number of fused-ring (bicyclic) bond motifs is 1.